The zero-order valence-electron chi connectivity index (χ0n) is 18.6. The van der Waals surface area contributed by atoms with Crippen LogP contribution in [0.3, 0.4) is 0 Å². The Labute approximate surface area is 187 Å². The minimum absolute atomic E-state index is 0.00471. The number of amides is 4. The van der Waals surface area contributed by atoms with Gasteiger partial charge in [0.15, 0.2) is 0 Å². The van der Waals surface area contributed by atoms with Crippen molar-refractivity contribution in [2.24, 2.45) is 11.8 Å². The molecule has 3 atom stereocenters. The number of imide groups is 1. The summed E-state index contributed by atoms with van der Waals surface area (Å²) in [4.78, 5) is 53.9. The van der Waals surface area contributed by atoms with Gasteiger partial charge in [-0.25, -0.2) is 4.39 Å². The molecular weight excluding hydrogens is 413 g/mol. The normalized spacial score (nSPS) is 20.8. The maximum atomic E-state index is 13.3. The Morgan fingerprint density at radius 1 is 1.09 bits per heavy atom. The molecule has 1 aromatic carbocycles. The van der Waals surface area contributed by atoms with E-state index in [1.54, 1.807) is 19.1 Å². The van der Waals surface area contributed by atoms with Crippen LogP contribution < -0.4 is 5.32 Å². The monoisotopic (exact) mass is 443 g/mol. The molecule has 8 heteroatoms. The van der Waals surface area contributed by atoms with Crippen LogP contribution in [-0.4, -0.2) is 52.6 Å². The Kier molecular flexibility index (Phi) is 7.77. The fourth-order valence-electron chi connectivity index (χ4n) is 4.44. The summed E-state index contributed by atoms with van der Waals surface area (Å²) in [5, 5.41) is 2.75. The van der Waals surface area contributed by atoms with Crippen LogP contribution in [0.25, 0.3) is 0 Å². The Balaban J connectivity index is 1.74. The van der Waals surface area contributed by atoms with Crippen molar-refractivity contribution < 1.29 is 23.6 Å². The van der Waals surface area contributed by atoms with E-state index in [-0.39, 0.29) is 60.8 Å². The van der Waals surface area contributed by atoms with Crippen LogP contribution >= 0.6 is 0 Å². The van der Waals surface area contributed by atoms with Gasteiger partial charge in [-0.2, -0.15) is 0 Å². The fraction of sp³-hybridized carbons (Fsp3) is 0.500. The molecule has 1 heterocycles. The first-order valence-electron chi connectivity index (χ1n) is 11.2. The lowest BCUT2D eigenvalue weighted by molar-refractivity contribution is -0.144. The van der Waals surface area contributed by atoms with Gasteiger partial charge >= 0.3 is 0 Å². The van der Waals surface area contributed by atoms with E-state index >= 15 is 0 Å². The van der Waals surface area contributed by atoms with Gasteiger partial charge < -0.3 is 10.2 Å². The molecule has 0 aromatic heterocycles. The lowest BCUT2D eigenvalue weighted by atomic mass is 9.85. The first-order chi connectivity index (χ1) is 15.4. The molecule has 0 bridgehead atoms. The van der Waals surface area contributed by atoms with Crippen molar-refractivity contribution in [1.82, 2.24) is 15.1 Å². The molecule has 1 N–H and O–H groups in total. The standard InChI is InChI=1S/C24H30FN3O4/c1-3-20(22(30)26-4-2)28(15-16-9-11-17(25)12-10-16)21(29)13-14-27-23(31)18-7-5-6-8-19(18)24(27)32/h5-6,9-12,18-20H,3-4,7-8,13-15H2,1-2H3,(H,26,30)/t18-,19+,20-/m1/s1. The number of nitrogens with zero attached hydrogens (tertiary/aromatic N) is 2. The summed E-state index contributed by atoms with van der Waals surface area (Å²) in [6, 6.07) is 5.06. The van der Waals surface area contributed by atoms with Gasteiger partial charge in [0.1, 0.15) is 11.9 Å². The number of rotatable bonds is 9. The molecule has 1 fully saturated rings. The van der Waals surface area contributed by atoms with Crippen LogP contribution in [0.4, 0.5) is 4.39 Å². The Morgan fingerprint density at radius 2 is 1.69 bits per heavy atom. The van der Waals surface area contributed by atoms with E-state index in [1.165, 1.54) is 21.9 Å². The van der Waals surface area contributed by atoms with Gasteiger partial charge in [-0.15, -0.1) is 0 Å². The van der Waals surface area contributed by atoms with Crippen LogP contribution in [0.2, 0.25) is 0 Å². The zero-order valence-corrected chi connectivity index (χ0v) is 18.6. The van der Waals surface area contributed by atoms with Crippen molar-refractivity contribution >= 4 is 23.6 Å². The average molecular weight is 444 g/mol. The molecule has 7 nitrogen and oxygen atoms in total. The van der Waals surface area contributed by atoms with Crippen LogP contribution in [0.5, 0.6) is 0 Å². The van der Waals surface area contributed by atoms with Crippen LogP contribution in [0.15, 0.2) is 36.4 Å². The lowest BCUT2D eigenvalue weighted by Crippen LogP contribution is -2.49. The number of carbonyl (C=O) groups excluding carboxylic acids is 4. The molecule has 3 rings (SSSR count). The van der Waals surface area contributed by atoms with E-state index in [1.807, 2.05) is 19.1 Å². The van der Waals surface area contributed by atoms with Gasteiger partial charge in [0, 0.05) is 26.1 Å². The molecular formula is C24H30FN3O4. The van der Waals surface area contributed by atoms with E-state index in [4.69, 9.17) is 0 Å². The predicted octanol–water partition coefficient (Wildman–Crippen LogP) is 2.41. The van der Waals surface area contributed by atoms with Crippen molar-refractivity contribution in [1.29, 1.82) is 0 Å². The molecule has 1 aliphatic heterocycles. The van der Waals surface area contributed by atoms with Gasteiger partial charge in [0.2, 0.25) is 23.6 Å². The minimum Gasteiger partial charge on any atom is -0.355 e. The SMILES string of the molecule is CCNC(=O)[C@@H](CC)N(Cc1ccc(F)cc1)C(=O)CCN1C(=O)[C@H]2CC=CC[C@H]2C1=O. The maximum absolute atomic E-state index is 13.3. The molecule has 0 saturated carbocycles. The molecule has 2 aliphatic rings. The minimum atomic E-state index is -0.704. The summed E-state index contributed by atoms with van der Waals surface area (Å²) >= 11 is 0. The first-order valence-corrected chi connectivity index (χ1v) is 11.2. The van der Waals surface area contributed by atoms with Gasteiger partial charge in [0.25, 0.3) is 0 Å². The first kappa shape index (κ1) is 23.6. The summed E-state index contributed by atoms with van der Waals surface area (Å²) in [5.74, 6) is -2.11. The van der Waals surface area contributed by atoms with Crippen LogP contribution in [0, 0.1) is 17.7 Å². The van der Waals surface area contributed by atoms with Gasteiger partial charge in [-0.3, -0.25) is 24.1 Å². The second-order valence-corrected chi connectivity index (χ2v) is 8.20. The highest BCUT2D eigenvalue weighted by Crippen LogP contribution is 2.35. The number of fused-ring (bicyclic) bond motifs is 1. The summed E-state index contributed by atoms with van der Waals surface area (Å²) in [6.07, 6.45) is 5.27. The van der Waals surface area contributed by atoms with Crippen molar-refractivity contribution in [3.05, 3.63) is 47.8 Å². The van der Waals surface area contributed by atoms with E-state index < -0.39 is 6.04 Å². The van der Waals surface area contributed by atoms with Crippen molar-refractivity contribution in [2.75, 3.05) is 13.1 Å². The molecule has 1 saturated heterocycles. The van der Waals surface area contributed by atoms with E-state index in [0.717, 1.165) is 0 Å². The Bertz CT molecular complexity index is 873. The van der Waals surface area contributed by atoms with Gasteiger partial charge in [-0.1, -0.05) is 31.2 Å². The molecule has 0 radical (unpaired) electrons. The fourth-order valence-corrected chi connectivity index (χ4v) is 4.44. The van der Waals surface area contributed by atoms with Crippen molar-refractivity contribution in [2.45, 2.75) is 52.1 Å². The number of hydrogen-bond donors (Lipinski definition) is 1. The predicted molar refractivity (Wildman–Crippen MR) is 116 cm³/mol. The number of carbonyl (C=O) groups is 4. The van der Waals surface area contributed by atoms with Gasteiger partial charge in [-0.05, 0) is 43.9 Å². The van der Waals surface area contributed by atoms with Crippen molar-refractivity contribution in [3.8, 4) is 0 Å². The number of likely N-dealkylation sites (N-methyl/N-ethyl adjacent to an activating group) is 1. The van der Waals surface area contributed by atoms with Gasteiger partial charge in [0.05, 0.1) is 11.8 Å². The average Bonchev–Trinajstić information content (AvgIpc) is 3.03. The van der Waals surface area contributed by atoms with E-state index in [0.29, 0.717) is 31.4 Å². The molecule has 4 amide bonds. The summed E-state index contributed by atoms with van der Waals surface area (Å²) in [6.45, 7) is 4.17. The molecule has 1 aromatic rings. The number of benzene rings is 1. The summed E-state index contributed by atoms with van der Waals surface area (Å²) in [7, 11) is 0. The zero-order chi connectivity index (χ0) is 23.3. The highest BCUT2D eigenvalue weighted by atomic mass is 19.1. The van der Waals surface area contributed by atoms with Crippen LogP contribution in [0.1, 0.15) is 45.1 Å². The molecule has 32 heavy (non-hydrogen) atoms. The molecule has 172 valence electrons. The van der Waals surface area contributed by atoms with E-state index in [9.17, 15) is 23.6 Å². The largest absolute Gasteiger partial charge is 0.355 e. The third-order valence-corrected chi connectivity index (χ3v) is 6.15. The summed E-state index contributed by atoms with van der Waals surface area (Å²) < 4.78 is 13.3. The highest BCUT2D eigenvalue weighted by Gasteiger charge is 2.47. The lowest BCUT2D eigenvalue weighted by Gasteiger charge is -2.31. The molecule has 0 spiro atoms. The Morgan fingerprint density at radius 3 is 2.22 bits per heavy atom. The number of allylic oxidation sites excluding steroid dienone is 2. The van der Waals surface area contributed by atoms with Crippen LogP contribution in [-0.2, 0) is 25.7 Å². The van der Waals surface area contributed by atoms with E-state index in [2.05, 4.69) is 5.32 Å². The number of likely N-dealkylation sites (tertiary alicyclic amines) is 1. The molecule has 1 aliphatic carbocycles. The third kappa shape index (κ3) is 5.06. The third-order valence-electron chi connectivity index (χ3n) is 6.15. The van der Waals surface area contributed by atoms with Crippen molar-refractivity contribution in [3.63, 3.8) is 0 Å². The molecule has 0 unspecified atom stereocenters. The number of nitrogens with one attached hydrogen (secondary N) is 1. The smallest absolute Gasteiger partial charge is 0.242 e. The quantitative estimate of drug-likeness (QED) is 0.469. The highest BCUT2D eigenvalue weighted by molar-refractivity contribution is 6.05. The topological polar surface area (TPSA) is 86.8 Å². The number of halogens is 1. The Hall–Kier alpha value is -3.03. The maximum Gasteiger partial charge on any atom is 0.242 e. The second-order valence-electron chi connectivity index (χ2n) is 8.20. The second kappa shape index (κ2) is 10.5. The number of hydrogen-bond acceptors (Lipinski definition) is 4. The summed E-state index contributed by atoms with van der Waals surface area (Å²) in [5.41, 5.74) is 0.688.